The molecular weight excluding hydrogens is 483 g/mol. The van der Waals surface area contributed by atoms with E-state index >= 15 is 0 Å². The minimum absolute atomic E-state index is 0.133. The molecule has 1 atom stereocenters. The van der Waals surface area contributed by atoms with Crippen LogP contribution in [0.2, 0.25) is 5.02 Å². The number of carbonyl (C=O) groups excluding carboxylic acids is 1. The maximum Gasteiger partial charge on any atom is 0.337 e. The molecule has 3 heterocycles. The number of rotatable bonds is 5. The summed E-state index contributed by atoms with van der Waals surface area (Å²) >= 11 is 8.70. The number of ether oxygens (including phenoxy) is 1. The third kappa shape index (κ3) is 7.27. The number of hydrogen-bond acceptors (Lipinski definition) is 8. The fourth-order valence-corrected chi connectivity index (χ4v) is 4.79. The fraction of sp³-hybridized carbons (Fsp3) is 0.435. The van der Waals surface area contributed by atoms with Crippen LogP contribution in [0.4, 0.5) is 4.39 Å². The molecule has 0 amide bonds. The third-order valence-corrected chi connectivity index (χ3v) is 6.69. The van der Waals surface area contributed by atoms with Gasteiger partial charge in [-0.15, -0.1) is 11.3 Å². The Morgan fingerprint density at radius 1 is 1.42 bits per heavy atom. The summed E-state index contributed by atoms with van der Waals surface area (Å²) in [5, 5.41) is 3.28. The molecule has 1 saturated heterocycles. The topological polar surface area (TPSA) is 66.8 Å². The lowest BCUT2D eigenvalue weighted by molar-refractivity contribution is -0.138. The van der Waals surface area contributed by atoms with E-state index in [9.17, 15) is 9.18 Å². The molecule has 10 heteroatoms. The van der Waals surface area contributed by atoms with Crippen LogP contribution in [0.3, 0.4) is 0 Å². The van der Waals surface area contributed by atoms with Gasteiger partial charge in [0, 0.05) is 46.1 Å². The minimum atomic E-state index is -0.294. The van der Waals surface area contributed by atoms with Crippen LogP contribution >= 0.6 is 34.9 Å². The van der Waals surface area contributed by atoms with Crippen molar-refractivity contribution < 1.29 is 13.9 Å². The Kier molecular flexibility index (Phi) is 8.92. The Hall–Kier alpha value is -1.94. The van der Waals surface area contributed by atoms with Gasteiger partial charge in [-0.2, -0.15) is 0 Å². The molecule has 33 heavy (non-hydrogen) atoms. The fourth-order valence-electron chi connectivity index (χ4n) is 3.29. The van der Waals surface area contributed by atoms with Gasteiger partial charge < -0.3 is 9.64 Å². The monoisotopic (exact) mass is 510 g/mol. The number of carbonyl (C=O) groups is 1. The van der Waals surface area contributed by atoms with Crippen molar-refractivity contribution in [1.29, 1.82) is 0 Å². The van der Waals surface area contributed by atoms with E-state index < -0.39 is 0 Å². The largest absolute Gasteiger partial charge is 0.463 e. The van der Waals surface area contributed by atoms with Gasteiger partial charge in [0.1, 0.15) is 5.82 Å². The van der Waals surface area contributed by atoms with E-state index in [1.165, 1.54) is 12.1 Å². The van der Waals surface area contributed by atoms with Crippen LogP contribution in [-0.4, -0.2) is 52.2 Å². The number of hydrogen-bond donors (Lipinski definition) is 1. The summed E-state index contributed by atoms with van der Waals surface area (Å²) in [6, 6.07) is 6.07. The first kappa shape index (κ1) is 25.7. The van der Waals surface area contributed by atoms with Crippen molar-refractivity contribution >= 4 is 46.7 Å². The first-order valence-corrected chi connectivity index (χ1v) is 12.7. The van der Waals surface area contributed by atoms with Crippen LogP contribution in [0.15, 0.2) is 52.1 Å². The molecule has 2 aliphatic rings. The lowest BCUT2D eigenvalue weighted by Crippen LogP contribution is -2.36. The molecule has 2 aliphatic heterocycles. The summed E-state index contributed by atoms with van der Waals surface area (Å²) in [4.78, 5) is 23.5. The van der Waals surface area contributed by atoms with Gasteiger partial charge in [0.15, 0.2) is 10.8 Å². The molecule has 1 fully saturated rings. The molecule has 0 aliphatic carbocycles. The number of aliphatic imine (C=N–C) groups is 1. The Morgan fingerprint density at radius 3 is 2.79 bits per heavy atom. The number of aromatic nitrogens is 1. The first-order valence-electron chi connectivity index (χ1n) is 10.6. The lowest BCUT2D eigenvalue weighted by Gasteiger charge is -2.27. The van der Waals surface area contributed by atoms with Crippen molar-refractivity contribution in [1.82, 2.24) is 14.6 Å². The molecule has 0 bridgehead atoms. The predicted molar refractivity (Wildman–Crippen MR) is 134 cm³/mol. The summed E-state index contributed by atoms with van der Waals surface area (Å²) < 4.78 is 21.0. The van der Waals surface area contributed by atoms with Gasteiger partial charge in [-0.25, -0.2) is 14.2 Å². The Labute approximate surface area is 207 Å². The Morgan fingerprint density at radius 2 is 2.21 bits per heavy atom. The van der Waals surface area contributed by atoms with Crippen molar-refractivity contribution in [2.45, 2.75) is 44.9 Å². The summed E-state index contributed by atoms with van der Waals surface area (Å²) in [6.07, 6.45) is 2.58. The smallest absolute Gasteiger partial charge is 0.337 e. The second-order valence-electron chi connectivity index (χ2n) is 8.41. The van der Waals surface area contributed by atoms with Gasteiger partial charge in [0.2, 0.25) is 0 Å². The highest BCUT2D eigenvalue weighted by Gasteiger charge is 2.38. The van der Waals surface area contributed by atoms with Crippen molar-refractivity contribution in [2.24, 2.45) is 4.99 Å². The lowest BCUT2D eigenvalue weighted by atomic mass is 10.1. The first-order chi connectivity index (χ1) is 15.7. The molecule has 178 valence electrons. The molecule has 6 nitrogen and oxygen atoms in total. The van der Waals surface area contributed by atoms with E-state index in [1.807, 2.05) is 12.3 Å². The molecule has 0 radical (unpaired) electrons. The van der Waals surface area contributed by atoms with Crippen LogP contribution in [0.1, 0.15) is 39.1 Å². The summed E-state index contributed by atoms with van der Waals surface area (Å²) in [6.45, 7) is 9.88. The summed E-state index contributed by atoms with van der Waals surface area (Å²) in [7, 11) is 0. The summed E-state index contributed by atoms with van der Waals surface area (Å²) in [5.74, 6) is 0.314. The quantitative estimate of drug-likeness (QED) is 0.434. The molecule has 0 saturated carbocycles. The van der Waals surface area contributed by atoms with E-state index in [4.69, 9.17) is 16.3 Å². The van der Waals surface area contributed by atoms with Crippen LogP contribution in [-0.2, 0) is 9.53 Å². The number of nitrogens with zero attached hydrogens (tertiary/aromatic N) is 3. The highest BCUT2D eigenvalue weighted by molar-refractivity contribution is 7.98. The zero-order valence-corrected chi connectivity index (χ0v) is 21.5. The van der Waals surface area contributed by atoms with Gasteiger partial charge in [-0.05, 0) is 45.9 Å². The van der Waals surface area contributed by atoms with Crippen LogP contribution in [0.25, 0.3) is 0 Å². The highest BCUT2D eigenvalue weighted by atomic mass is 35.5. The normalized spacial score (nSPS) is 17.8. The third-order valence-electron chi connectivity index (χ3n) is 4.62. The van der Waals surface area contributed by atoms with Crippen molar-refractivity contribution in [2.75, 3.05) is 19.7 Å². The van der Waals surface area contributed by atoms with Crippen molar-refractivity contribution in [3.8, 4) is 0 Å². The van der Waals surface area contributed by atoms with Crippen LogP contribution in [0.5, 0.6) is 0 Å². The number of halogens is 2. The summed E-state index contributed by atoms with van der Waals surface area (Å²) in [5.41, 5.74) is 1.69. The molecule has 4 rings (SSSR count). The maximum atomic E-state index is 12.3. The molecule has 1 aromatic heterocycles. The SMILES string of the molecule is CCOC(=O)C1=C2CC(NSC(C)(C)C)CN2C(c2nccs2)=NC1.Fc1cccc(Cl)c1. The Bertz CT molecular complexity index is 1000. The standard InChI is InChI=1S/C17H24N4O2S2.C6H4ClF/c1-5-23-16(22)12-9-19-14(15-18-6-7-24-15)21-10-11(8-13(12)21)20-25-17(2,3)4;7-5-2-1-3-6(8)4-5/h6-7,11,20H,5,8-10H2,1-4H3;1-4H. The van der Waals surface area contributed by atoms with Gasteiger partial charge in [-0.1, -0.05) is 29.6 Å². The van der Waals surface area contributed by atoms with Gasteiger partial charge in [0.25, 0.3) is 0 Å². The van der Waals surface area contributed by atoms with Crippen molar-refractivity contribution in [3.63, 3.8) is 0 Å². The number of nitrogens with one attached hydrogen (secondary N) is 1. The van der Waals surface area contributed by atoms with E-state index in [2.05, 4.69) is 40.4 Å². The second kappa shape index (κ2) is 11.5. The number of esters is 1. The number of benzene rings is 1. The maximum absolute atomic E-state index is 12.3. The highest BCUT2D eigenvalue weighted by Crippen LogP contribution is 2.33. The van der Waals surface area contributed by atoms with Crippen molar-refractivity contribution in [3.05, 3.63) is 63.0 Å². The van der Waals surface area contributed by atoms with Crippen LogP contribution in [0, 0.1) is 5.82 Å². The van der Waals surface area contributed by atoms with Gasteiger partial charge >= 0.3 is 5.97 Å². The number of thiazole rings is 1. The van der Waals surface area contributed by atoms with Crippen LogP contribution < -0.4 is 4.72 Å². The zero-order chi connectivity index (χ0) is 24.0. The molecule has 0 spiro atoms. The zero-order valence-electron chi connectivity index (χ0n) is 19.1. The number of fused-ring (bicyclic) bond motifs is 1. The van der Waals surface area contributed by atoms with E-state index in [-0.39, 0.29) is 22.6 Å². The van der Waals surface area contributed by atoms with E-state index in [0.29, 0.717) is 23.7 Å². The van der Waals surface area contributed by atoms with Gasteiger partial charge in [0.05, 0.1) is 18.7 Å². The molecule has 2 aromatic rings. The molecule has 1 N–H and O–H groups in total. The molecule has 1 unspecified atom stereocenters. The Balaban J connectivity index is 0.000000323. The van der Waals surface area contributed by atoms with E-state index in [1.54, 1.807) is 41.6 Å². The molecular formula is C23H28ClFN4O2S2. The number of amidine groups is 1. The average molecular weight is 511 g/mol. The average Bonchev–Trinajstić information content (AvgIpc) is 3.41. The van der Waals surface area contributed by atoms with Gasteiger partial charge in [-0.3, -0.25) is 9.71 Å². The molecule has 1 aromatic carbocycles. The minimum Gasteiger partial charge on any atom is -0.463 e. The second-order valence-corrected chi connectivity index (χ2v) is 11.4. The predicted octanol–water partition coefficient (Wildman–Crippen LogP) is 5.31. The van der Waals surface area contributed by atoms with E-state index in [0.717, 1.165) is 29.5 Å².